The fourth-order valence-corrected chi connectivity index (χ4v) is 3.27. The minimum absolute atomic E-state index is 0.714. The number of nitrogens with one attached hydrogen (secondary N) is 1. The molecule has 98 valence electrons. The van der Waals surface area contributed by atoms with Crippen molar-refractivity contribution in [1.82, 2.24) is 5.32 Å². The zero-order chi connectivity index (χ0) is 12.6. The Morgan fingerprint density at radius 3 is 2.94 bits per heavy atom. The van der Waals surface area contributed by atoms with Crippen molar-refractivity contribution in [2.75, 3.05) is 13.1 Å². The molecule has 0 spiro atoms. The highest BCUT2D eigenvalue weighted by Crippen LogP contribution is 2.23. The third-order valence-corrected chi connectivity index (χ3v) is 4.30. The lowest BCUT2D eigenvalue weighted by atomic mass is 10.1. The summed E-state index contributed by atoms with van der Waals surface area (Å²) in [7, 11) is 0. The quantitative estimate of drug-likeness (QED) is 0.794. The average Bonchev–Trinajstić information content (AvgIpc) is 2.84. The first kappa shape index (κ1) is 13.5. The number of hydrogen-bond acceptors (Lipinski definition) is 3. The molecular formula is C15H22N2S. The summed E-state index contributed by atoms with van der Waals surface area (Å²) in [5, 5.41) is 5.32. The molecule has 0 aliphatic carbocycles. The summed E-state index contributed by atoms with van der Waals surface area (Å²) >= 11 is 1.92. The highest BCUT2D eigenvalue weighted by molar-refractivity contribution is 8.14. The molecule has 2 nitrogen and oxygen atoms in total. The summed E-state index contributed by atoms with van der Waals surface area (Å²) in [6, 6.07) is 10.7. The summed E-state index contributed by atoms with van der Waals surface area (Å²) in [6.07, 6.45) is 4.85. The van der Waals surface area contributed by atoms with E-state index < -0.39 is 0 Å². The smallest absolute Gasteiger partial charge is 0.156 e. The standard InChI is InChI=1S/C15H22N2S/c1-2-7-14-12-17-15(18-14)16-11-6-10-13-8-4-3-5-9-13/h3-5,8-9,14H,2,6-7,10-12H2,1H3,(H,16,17). The molecule has 1 aromatic carbocycles. The van der Waals surface area contributed by atoms with Crippen LogP contribution < -0.4 is 5.32 Å². The number of benzene rings is 1. The molecule has 1 aliphatic heterocycles. The molecule has 0 fully saturated rings. The lowest BCUT2D eigenvalue weighted by molar-refractivity contribution is 0.751. The van der Waals surface area contributed by atoms with Crippen LogP contribution >= 0.6 is 11.8 Å². The topological polar surface area (TPSA) is 24.4 Å². The molecule has 2 rings (SSSR count). The van der Waals surface area contributed by atoms with Gasteiger partial charge in [0.2, 0.25) is 0 Å². The van der Waals surface area contributed by atoms with Gasteiger partial charge in [0, 0.05) is 11.8 Å². The number of hydrogen-bond donors (Lipinski definition) is 1. The maximum absolute atomic E-state index is 4.55. The van der Waals surface area contributed by atoms with Crippen LogP contribution in [0.3, 0.4) is 0 Å². The minimum atomic E-state index is 0.714. The van der Waals surface area contributed by atoms with Crippen LogP contribution in [0.4, 0.5) is 0 Å². The molecule has 1 atom stereocenters. The van der Waals surface area contributed by atoms with Gasteiger partial charge in [0.1, 0.15) is 0 Å². The van der Waals surface area contributed by atoms with Crippen LogP contribution in [-0.4, -0.2) is 23.5 Å². The van der Waals surface area contributed by atoms with Crippen molar-refractivity contribution in [1.29, 1.82) is 0 Å². The molecule has 1 aromatic rings. The Labute approximate surface area is 114 Å². The van der Waals surface area contributed by atoms with E-state index in [-0.39, 0.29) is 0 Å². The molecule has 1 N–H and O–H groups in total. The summed E-state index contributed by atoms with van der Waals surface area (Å²) < 4.78 is 0. The van der Waals surface area contributed by atoms with Crippen molar-refractivity contribution in [3.8, 4) is 0 Å². The predicted molar refractivity (Wildman–Crippen MR) is 81.4 cm³/mol. The Morgan fingerprint density at radius 1 is 1.33 bits per heavy atom. The molecular weight excluding hydrogens is 240 g/mol. The largest absolute Gasteiger partial charge is 0.365 e. The van der Waals surface area contributed by atoms with E-state index in [2.05, 4.69) is 47.6 Å². The Balaban J connectivity index is 1.59. The third kappa shape index (κ3) is 4.37. The van der Waals surface area contributed by atoms with Gasteiger partial charge in [-0.05, 0) is 24.8 Å². The fourth-order valence-electron chi connectivity index (χ4n) is 2.12. The highest BCUT2D eigenvalue weighted by atomic mass is 32.2. The van der Waals surface area contributed by atoms with Crippen LogP contribution in [0.25, 0.3) is 0 Å². The molecule has 0 saturated heterocycles. The molecule has 1 heterocycles. The van der Waals surface area contributed by atoms with Crippen molar-refractivity contribution in [3.63, 3.8) is 0 Å². The van der Waals surface area contributed by atoms with Crippen LogP contribution in [0.15, 0.2) is 35.3 Å². The summed E-state index contributed by atoms with van der Waals surface area (Å²) in [5.74, 6) is 0. The van der Waals surface area contributed by atoms with E-state index in [4.69, 9.17) is 0 Å². The monoisotopic (exact) mass is 262 g/mol. The van der Waals surface area contributed by atoms with Crippen LogP contribution in [0.2, 0.25) is 0 Å². The van der Waals surface area contributed by atoms with Crippen LogP contribution in [0.1, 0.15) is 31.7 Å². The van der Waals surface area contributed by atoms with Gasteiger partial charge in [-0.15, -0.1) is 0 Å². The lowest BCUT2D eigenvalue weighted by Gasteiger charge is -2.07. The van der Waals surface area contributed by atoms with Gasteiger partial charge < -0.3 is 5.32 Å². The van der Waals surface area contributed by atoms with Crippen LogP contribution in [-0.2, 0) is 6.42 Å². The van der Waals surface area contributed by atoms with Gasteiger partial charge in [-0.25, -0.2) is 0 Å². The Morgan fingerprint density at radius 2 is 2.17 bits per heavy atom. The van der Waals surface area contributed by atoms with Crippen molar-refractivity contribution in [2.45, 2.75) is 37.9 Å². The number of aryl methyl sites for hydroxylation is 1. The van der Waals surface area contributed by atoms with E-state index in [1.54, 1.807) is 0 Å². The molecule has 0 bridgehead atoms. The molecule has 18 heavy (non-hydrogen) atoms. The van der Waals surface area contributed by atoms with Crippen molar-refractivity contribution in [2.24, 2.45) is 4.99 Å². The molecule has 0 saturated carbocycles. The first-order chi connectivity index (χ1) is 8.88. The fraction of sp³-hybridized carbons (Fsp3) is 0.533. The molecule has 0 amide bonds. The van der Waals surface area contributed by atoms with E-state index in [1.807, 2.05) is 11.8 Å². The SMILES string of the molecule is CCCC1CN=C(NCCCc2ccccc2)S1. The van der Waals surface area contributed by atoms with Gasteiger partial charge in [-0.1, -0.05) is 55.4 Å². The number of thioether (sulfide) groups is 1. The number of nitrogens with zero attached hydrogens (tertiary/aromatic N) is 1. The van der Waals surface area contributed by atoms with E-state index in [0.29, 0.717) is 5.25 Å². The molecule has 0 aromatic heterocycles. The first-order valence-electron chi connectivity index (χ1n) is 6.87. The van der Waals surface area contributed by atoms with Gasteiger partial charge >= 0.3 is 0 Å². The average molecular weight is 262 g/mol. The zero-order valence-corrected chi connectivity index (χ0v) is 11.9. The van der Waals surface area contributed by atoms with Gasteiger partial charge in [0.05, 0.1) is 6.54 Å². The molecule has 3 heteroatoms. The van der Waals surface area contributed by atoms with Crippen molar-refractivity contribution in [3.05, 3.63) is 35.9 Å². The van der Waals surface area contributed by atoms with E-state index >= 15 is 0 Å². The summed E-state index contributed by atoms with van der Waals surface area (Å²) in [4.78, 5) is 4.55. The van der Waals surface area contributed by atoms with Crippen molar-refractivity contribution < 1.29 is 0 Å². The summed E-state index contributed by atoms with van der Waals surface area (Å²) in [6.45, 7) is 4.27. The second-order valence-electron chi connectivity index (χ2n) is 4.69. The molecule has 1 aliphatic rings. The Hall–Kier alpha value is -0.960. The second kappa shape index (κ2) is 7.47. The second-order valence-corrected chi connectivity index (χ2v) is 5.98. The maximum Gasteiger partial charge on any atom is 0.156 e. The summed E-state index contributed by atoms with van der Waals surface area (Å²) in [5.41, 5.74) is 1.42. The normalized spacial score (nSPS) is 18.7. The van der Waals surface area contributed by atoms with Gasteiger partial charge in [-0.2, -0.15) is 0 Å². The van der Waals surface area contributed by atoms with E-state index in [9.17, 15) is 0 Å². The number of amidine groups is 1. The Bertz CT molecular complexity index is 375. The number of aliphatic imine (C=N–C) groups is 1. The van der Waals surface area contributed by atoms with Crippen LogP contribution in [0.5, 0.6) is 0 Å². The maximum atomic E-state index is 4.55. The Kier molecular flexibility index (Phi) is 5.59. The third-order valence-electron chi connectivity index (χ3n) is 3.09. The lowest BCUT2D eigenvalue weighted by Crippen LogP contribution is -2.21. The van der Waals surface area contributed by atoms with Gasteiger partial charge in [0.15, 0.2) is 5.17 Å². The predicted octanol–water partition coefficient (Wildman–Crippen LogP) is 3.48. The van der Waals surface area contributed by atoms with Gasteiger partial charge in [0.25, 0.3) is 0 Å². The number of rotatable bonds is 6. The van der Waals surface area contributed by atoms with Crippen LogP contribution in [0, 0.1) is 0 Å². The molecule has 1 unspecified atom stereocenters. The molecule has 0 radical (unpaired) electrons. The van der Waals surface area contributed by atoms with E-state index in [0.717, 1.165) is 24.7 Å². The zero-order valence-electron chi connectivity index (χ0n) is 11.1. The highest BCUT2D eigenvalue weighted by Gasteiger charge is 2.17. The first-order valence-corrected chi connectivity index (χ1v) is 7.75. The van der Waals surface area contributed by atoms with Gasteiger partial charge in [-0.3, -0.25) is 4.99 Å². The van der Waals surface area contributed by atoms with E-state index in [1.165, 1.54) is 24.8 Å². The minimum Gasteiger partial charge on any atom is -0.365 e. The van der Waals surface area contributed by atoms with Crippen molar-refractivity contribution >= 4 is 16.9 Å².